The zero-order valence-electron chi connectivity index (χ0n) is 16.0. The molecule has 27 heavy (non-hydrogen) atoms. The molecule has 1 saturated heterocycles. The number of pyridine rings is 1. The zero-order valence-corrected chi connectivity index (χ0v) is 16.0. The van der Waals surface area contributed by atoms with Gasteiger partial charge >= 0.3 is 12.1 Å². The number of nitrogens with one attached hydrogen (secondary N) is 1. The van der Waals surface area contributed by atoms with Crippen molar-refractivity contribution in [1.29, 1.82) is 0 Å². The van der Waals surface area contributed by atoms with E-state index in [-0.39, 0.29) is 17.0 Å². The average molecular weight is 375 g/mol. The Labute approximate surface area is 157 Å². The summed E-state index contributed by atoms with van der Waals surface area (Å²) < 4.78 is 10.8. The van der Waals surface area contributed by atoms with E-state index < -0.39 is 17.7 Å². The molecule has 0 atom stereocenters. The minimum atomic E-state index is -1.22. The molecule has 0 saturated carbocycles. The third-order valence-electron chi connectivity index (χ3n) is 4.57. The Balaban J connectivity index is 1.91. The number of likely N-dealkylation sites (tertiary alicyclic amines) is 1. The summed E-state index contributed by atoms with van der Waals surface area (Å²) in [6.45, 7) is 7.18. The summed E-state index contributed by atoms with van der Waals surface area (Å²) in [5.74, 6) is -1.03. The highest BCUT2D eigenvalue weighted by molar-refractivity contribution is 6.07. The Morgan fingerprint density at radius 2 is 2.00 bits per heavy atom. The number of amides is 1. The van der Waals surface area contributed by atoms with E-state index in [2.05, 4.69) is 22.2 Å². The van der Waals surface area contributed by atoms with Crippen LogP contribution in [0.1, 0.15) is 55.5 Å². The number of ether oxygens (including phenoxy) is 1. The number of aromatic carboxylic acids is 1. The summed E-state index contributed by atoms with van der Waals surface area (Å²) in [5.41, 5.74) is 0.690. The predicted octanol–water partition coefficient (Wildman–Crippen LogP) is 3.68. The first kappa shape index (κ1) is 19.2. The molecular formula is C19H25N3O5. The Bertz CT molecular complexity index is 860. The van der Waals surface area contributed by atoms with Crippen LogP contribution in [0.2, 0.25) is 0 Å². The number of aromatic nitrogens is 1. The largest absolute Gasteiger partial charge is 0.477 e. The summed E-state index contributed by atoms with van der Waals surface area (Å²) in [7, 11) is 2.10. The summed E-state index contributed by atoms with van der Waals surface area (Å²) in [4.78, 5) is 30.3. The molecule has 3 rings (SSSR count). The summed E-state index contributed by atoms with van der Waals surface area (Å²) in [5, 5.41) is 11.9. The molecule has 0 aliphatic carbocycles. The van der Waals surface area contributed by atoms with Gasteiger partial charge in [-0.2, -0.15) is 0 Å². The fraction of sp³-hybridized carbons (Fsp3) is 0.526. The number of carbonyl (C=O) groups excluding carboxylic acids is 1. The Hall–Kier alpha value is -2.61. The van der Waals surface area contributed by atoms with Gasteiger partial charge in [0.25, 0.3) is 0 Å². The van der Waals surface area contributed by atoms with Crippen molar-refractivity contribution in [3.63, 3.8) is 0 Å². The van der Waals surface area contributed by atoms with Crippen LogP contribution in [-0.2, 0) is 4.74 Å². The second-order valence-electron chi connectivity index (χ2n) is 7.93. The van der Waals surface area contributed by atoms with Crippen LogP contribution < -0.4 is 5.32 Å². The van der Waals surface area contributed by atoms with E-state index in [9.17, 15) is 14.7 Å². The molecule has 1 fully saturated rings. The van der Waals surface area contributed by atoms with E-state index in [0.29, 0.717) is 11.5 Å². The van der Waals surface area contributed by atoms with Gasteiger partial charge in [0.05, 0.1) is 0 Å². The Morgan fingerprint density at radius 3 is 2.59 bits per heavy atom. The first-order valence-electron chi connectivity index (χ1n) is 8.98. The molecule has 0 aromatic carbocycles. The number of hydrogen-bond donors (Lipinski definition) is 2. The minimum absolute atomic E-state index is 0.167. The zero-order chi connectivity index (χ0) is 19.8. The molecule has 2 N–H and O–H groups in total. The van der Waals surface area contributed by atoms with Gasteiger partial charge in [0.1, 0.15) is 16.7 Å². The molecule has 2 aromatic rings. The van der Waals surface area contributed by atoms with Crippen molar-refractivity contribution in [2.45, 2.75) is 45.1 Å². The van der Waals surface area contributed by atoms with E-state index in [4.69, 9.17) is 9.15 Å². The number of carbonyl (C=O) groups is 2. The van der Waals surface area contributed by atoms with Gasteiger partial charge in [-0.1, -0.05) is 0 Å². The molecular weight excluding hydrogens is 350 g/mol. The smallest absolute Gasteiger partial charge is 0.414 e. The van der Waals surface area contributed by atoms with Crippen LogP contribution in [0, 0.1) is 0 Å². The van der Waals surface area contributed by atoms with Crippen molar-refractivity contribution in [1.82, 2.24) is 9.88 Å². The summed E-state index contributed by atoms with van der Waals surface area (Å²) >= 11 is 0. The second kappa shape index (κ2) is 7.19. The highest BCUT2D eigenvalue weighted by Gasteiger charge is 2.27. The summed E-state index contributed by atoms with van der Waals surface area (Å²) in [6, 6.07) is 1.82. The van der Waals surface area contributed by atoms with Crippen molar-refractivity contribution >= 4 is 29.0 Å². The monoisotopic (exact) mass is 375 g/mol. The van der Waals surface area contributed by atoms with Crippen molar-refractivity contribution in [2.24, 2.45) is 0 Å². The molecule has 3 heterocycles. The molecule has 8 nitrogen and oxygen atoms in total. The van der Waals surface area contributed by atoms with Crippen LogP contribution in [0.3, 0.4) is 0 Å². The number of anilines is 1. The van der Waals surface area contributed by atoms with Crippen molar-refractivity contribution in [2.75, 3.05) is 25.5 Å². The number of furan rings is 1. The third-order valence-corrected chi connectivity index (χ3v) is 4.57. The van der Waals surface area contributed by atoms with Gasteiger partial charge in [-0.25, -0.2) is 9.59 Å². The van der Waals surface area contributed by atoms with Crippen LogP contribution in [0.4, 0.5) is 10.7 Å². The van der Waals surface area contributed by atoms with Crippen molar-refractivity contribution < 1.29 is 23.8 Å². The van der Waals surface area contributed by atoms with E-state index in [1.165, 1.54) is 0 Å². The molecule has 1 amide bonds. The highest BCUT2D eigenvalue weighted by Crippen LogP contribution is 2.33. The van der Waals surface area contributed by atoms with Gasteiger partial charge in [-0.3, -0.25) is 10.3 Å². The van der Waals surface area contributed by atoms with Gasteiger partial charge in [0.2, 0.25) is 5.88 Å². The lowest BCUT2D eigenvalue weighted by molar-refractivity contribution is 0.0633. The molecule has 8 heteroatoms. The van der Waals surface area contributed by atoms with Crippen molar-refractivity contribution in [3.8, 4) is 0 Å². The number of carboxylic acid groups (broad SMARTS) is 1. The molecule has 146 valence electrons. The maximum absolute atomic E-state index is 12.0. The van der Waals surface area contributed by atoms with E-state index >= 15 is 0 Å². The van der Waals surface area contributed by atoms with Crippen LogP contribution in [0.5, 0.6) is 0 Å². The number of hydrogen-bond acceptors (Lipinski definition) is 6. The lowest BCUT2D eigenvalue weighted by Gasteiger charge is -2.28. The van der Waals surface area contributed by atoms with E-state index in [0.717, 1.165) is 31.5 Å². The lowest BCUT2D eigenvalue weighted by atomic mass is 9.90. The second-order valence-corrected chi connectivity index (χ2v) is 7.93. The Morgan fingerprint density at radius 1 is 1.33 bits per heavy atom. The number of fused-ring (bicyclic) bond motifs is 1. The van der Waals surface area contributed by atoms with Crippen LogP contribution in [0.25, 0.3) is 11.1 Å². The number of carboxylic acids is 1. The fourth-order valence-electron chi connectivity index (χ4n) is 3.24. The first-order chi connectivity index (χ1) is 12.6. The molecule has 1 aliphatic rings. The van der Waals surface area contributed by atoms with Crippen molar-refractivity contribution in [3.05, 3.63) is 23.4 Å². The van der Waals surface area contributed by atoms with Gasteiger partial charge < -0.3 is 19.2 Å². The maximum atomic E-state index is 12.0. The molecule has 0 unspecified atom stereocenters. The van der Waals surface area contributed by atoms with E-state index in [1.807, 2.05) is 6.07 Å². The topological polar surface area (TPSA) is 105 Å². The van der Waals surface area contributed by atoms with Gasteiger partial charge in [-0.05, 0) is 71.3 Å². The highest BCUT2D eigenvalue weighted by atomic mass is 16.6. The lowest BCUT2D eigenvalue weighted by Crippen LogP contribution is -2.29. The molecule has 2 aromatic heterocycles. The van der Waals surface area contributed by atoms with Crippen LogP contribution in [0.15, 0.2) is 16.7 Å². The molecule has 1 aliphatic heterocycles. The van der Waals surface area contributed by atoms with Crippen LogP contribution in [-0.4, -0.2) is 52.8 Å². The van der Waals surface area contributed by atoms with Gasteiger partial charge in [0.15, 0.2) is 5.58 Å². The van der Waals surface area contributed by atoms with E-state index in [1.54, 1.807) is 27.0 Å². The molecule has 0 radical (unpaired) electrons. The number of rotatable bonds is 3. The standard InChI is InChI=1S/C19H25N3O5/c1-19(2,3)27-18(25)21-16-14(17(23)24)15-13(26-16)9-12(10-20-15)11-5-7-22(4)8-6-11/h9-11H,5-8H2,1-4H3,(H,21,25)(H,23,24). The van der Waals surface area contributed by atoms with Gasteiger partial charge in [0, 0.05) is 6.20 Å². The quantitative estimate of drug-likeness (QED) is 0.843. The molecule has 0 spiro atoms. The fourth-order valence-corrected chi connectivity index (χ4v) is 3.24. The summed E-state index contributed by atoms with van der Waals surface area (Å²) in [6.07, 6.45) is 2.95. The van der Waals surface area contributed by atoms with Crippen LogP contribution >= 0.6 is 0 Å². The maximum Gasteiger partial charge on any atom is 0.414 e. The average Bonchev–Trinajstić information content (AvgIpc) is 2.90. The van der Waals surface area contributed by atoms with Gasteiger partial charge in [-0.15, -0.1) is 0 Å². The third kappa shape index (κ3) is 4.39. The number of piperidine rings is 1. The minimum Gasteiger partial charge on any atom is -0.477 e. The normalized spacial score (nSPS) is 16.4. The first-order valence-corrected chi connectivity index (χ1v) is 8.98. The number of nitrogens with zero attached hydrogens (tertiary/aromatic N) is 2. The molecule has 0 bridgehead atoms. The Kier molecular flexibility index (Phi) is 5.10. The predicted molar refractivity (Wildman–Crippen MR) is 100 cm³/mol. The SMILES string of the molecule is CN1CCC(c2cnc3c(C(=O)O)c(NC(=O)OC(C)(C)C)oc3c2)CC1.